The number of nitriles is 1. The molecule has 0 radical (unpaired) electrons. The van der Waals surface area contributed by atoms with Gasteiger partial charge in [-0.25, -0.2) is 4.79 Å². The molecule has 2 aromatic rings. The van der Waals surface area contributed by atoms with Crippen LogP contribution in [-0.2, 0) is 4.79 Å². The topological polar surface area (TPSA) is 83.1 Å². The summed E-state index contributed by atoms with van der Waals surface area (Å²) in [6.07, 6.45) is 3.43. The minimum Gasteiger partial charge on any atom is -0.480 e. The number of carboxylic acids is 1. The number of halogens is 1. The van der Waals surface area contributed by atoms with Gasteiger partial charge in [0, 0.05) is 22.8 Å². The van der Waals surface area contributed by atoms with E-state index < -0.39 is 17.6 Å². The van der Waals surface area contributed by atoms with Crippen molar-refractivity contribution >= 4 is 17.6 Å². The number of hydrogen-bond donors (Lipinski definition) is 1. The molecule has 0 spiro atoms. The van der Waals surface area contributed by atoms with Crippen LogP contribution in [0.5, 0.6) is 0 Å². The SMILES string of the molecule is CCCC[C@H](C(=O)O)n1ccc(-c2cc(Cl)ccc2C#N)cc1=O. The molecule has 1 atom stereocenters. The number of aromatic nitrogens is 1. The summed E-state index contributed by atoms with van der Waals surface area (Å²) < 4.78 is 1.22. The number of hydrogen-bond acceptors (Lipinski definition) is 3. The normalized spacial score (nSPS) is 11.7. The lowest BCUT2D eigenvalue weighted by Crippen LogP contribution is -2.29. The van der Waals surface area contributed by atoms with Crippen molar-refractivity contribution in [2.24, 2.45) is 0 Å². The minimum atomic E-state index is -1.03. The number of unbranched alkanes of at least 4 members (excludes halogenated alkanes) is 1. The van der Waals surface area contributed by atoms with Crippen molar-refractivity contribution in [2.45, 2.75) is 32.2 Å². The van der Waals surface area contributed by atoms with Crippen LogP contribution in [0.3, 0.4) is 0 Å². The van der Waals surface area contributed by atoms with Crippen molar-refractivity contribution < 1.29 is 9.90 Å². The van der Waals surface area contributed by atoms with Crippen LogP contribution in [0.4, 0.5) is 0 Å². The number of benzene rings is 1. The molecule has 0 amide bonds. The van der Waals surface area contributed by atoms with E-state index in [0.29, 0.717) is 28.1 Å². The molecule has 1 aromatic heterocycles. The highest BCUT2D eigenvalue weighted by atomic mass is 35.5. The van der Waals surface area contributed by atoms with Gasteiger partial charge >= 0.3 is 5.97 Å². The summed E-state index contributed by atoms with van der Waals surface area (Å²) in [5.74, 6) is -1.03. The molecular weight excluding hydrogens is 328 g/mol. The Hall–Kier alpha value is -2.58. The summed E-state index contributed by atoms with van der Waals surface area (Å²) in [6, 6.07) is 8.96. The fourth-order valence-corrected chi connectivity index (χ4v) is 2.72. The van der Waals surface area contributed by atoms with Gasteiger partial charge in [0.2, 0.25) is 0 Å². The zero-order valence-corrected chi connectivity index (χ0v) is 14.0. The smallest absolute Gasteiger partial charge is 0.326 e. The van der Waals surface area contributed by atoms with E-state index in [-0.39, 0.29) is 0 Å². The fourth-order valence-electron chi connectivity index (χ4n) is 2.55. The predicted octanol–water partition coefficient (Wildman–Crippen LogP) is 3.86. The van der Waals surface area contributed by atoms with Gasteiger partial charge < -0.3 is 9.67 Å². The van der Waals surface area contributed by atoms with Crippen molar-refractivity contribution in [1.29, 1.82) is 5.26 Å². The molecule has 6 heteroatoms. The van der Waals surface area contributed by atoms with Gasteiger partial charge in [0.05, 0.1) is 11.6 Å². The largest absolute Gasteiger partial charge is 0.480 e. The van der Waals surface area contributed by atoms with E-state index in [1.165, 1.54) is 16.8 Å². The van der Waals surface area contributed by atoms with Gasteiger partial charge in [0.25, 0.3) is 5.56 Å². The van der Waals surface area contributed by atoms with Crippen molar-refractivity contribution in [2.75, 3.05) is 0 Å². The Morgan fingerprint density at radius 1 is 1.38 bits per heavy atom. The molecule has 24 heavy (non-hydrogen) atoms. The third-order valence-electron chi connectivity index (χ3n) is 3.81. The first-order valence-electron chi connectivity index (χ1n) is 7.63. The lowest BCUT2D eigenvalue weighted by atomic mass is 10.0. The van der Waals surface area contributed by atoms with Gasteiger partial charge in [-0.05, 0) is 36.2 Å². The van der Waals surface area contributed by atoms with E-state index >= 15 is 0 Å². The second kappa shape index (κ2) is 7.80. The first-order valence-corrected chi connectivity index (χ1v) is 8.00. The lowest BCUT2D eigenvalue weighted by molar-refractivity contribution is -0.141. The Morgan fingerprint density at radius 2 is 2.12 bits per heavy atom. The number of carbonyl (C=O) groups is 1. The minimum absolute atomic E-state index is 0.395. The molecule has 0 saturated heterocycles. The summed E-state index contributed by atoms with van der Waals surface area (Å²) in [5, 5.41) is 19.0. The number of carboxylic acid groups (broad SMARTS) is 1. The van der Waals surface area contributed by atoms with Crippen LogP contribution >= 0.6 is 11.6 Å². The van der Waals surface area contributed by atoms with Crippen LogP contribution in [0.25, 0.3) is 11.1 Å². The Morgan fingerprint density at radius 3 is 2.71 bits per heavy atom. The van der Waals surface area contributed by atoms with Crippen molar-refractivity contribution in [3.63, 3.8) is 0 Å². The monoisotopic (exact) mass is 344 g/mol. The second-order valence-electron chi connectivity index (χ2n) is 5.46. The van der Waals surface area contributed by atoms with Crippen molar-refractivity contribution in [3.05, 3.63) is 57.5 Å². The van der Waals surface area contributed by atoms with Crippen molar-refractivity contribution in [3.8, 4) is 17.2 Å². The maximum absolute atomic E-state index is 12.4. The summed E-state index contributed by atoms with van der Waals surface area (Å²) in [5.41, 5.74) is 1.07. The van der Waals surface area contributed by atoms with E-state index in [1.54, 1.807) is 24.3 Å². The molecule has 2 rings (SSSR count). The first-order chi connectivity index (χ1) is 11.5. The van der Waals surface area contributed by atoms with E-state index in [2.05, 4.69) is 6.07 Å². The average molecular weight is 345 g/mol. The third-order valence-corrected chi connectivity index (χ3v) is 4.05. The summed E-state index contributed by atoms with van der Waals surface area (Å²) >= 11 is 5.97. The van der Waals surface area contributed by atoms with Crippen LogP contribution < -0.4 is 5.56 Å². The Kier molecular flexibility index (Phi) is 5.78. The zero-order chi connectivity index (χ0) is 17.7. The highest BCUT2D eigenvalue weighted by Gasteiger charge is 2.20. The van der Waals surface area contributed by atoms with E-state index in [1.807, 2.05) is 6.92 Å². The van der Waals surface area contributed by atoms with Crippen molar-refractivity contribution in [1.82, 2.24) is 4.57 Å². The highest BCUT2D eigenvalue weighted by Crippen LogP contribution is 2.26. The van der Waals surface area contributed by atoms with Crippen LogP contribution in [0, 0.1) is 11.3 Å². The molecule has 124 valence electrons. The van der Waals surface area contributed by atoms with Gasteiger partial charge in [-0.1, -0.05) is 31.4 Å². The van der Waals surface area contributed by atoms with E-state index in [9.17, 15) is 20.0 Å². The molecular formula is C18H17ClN2O3. The molecule has 1 heterocycles. The van der Waals surface area contributed by atoms with Crippen LogP contribution in [0.2, 0.25) is 5.02 Å². The molecule has 0 bridgehead atoms. The van der Waals surface area contributed by atoms with Gasteiger partial charge in [0.15, 0.2) is 0 Å². The Bertz CT molecular complexity index is 852. The molecule has 0 fully saturated rings. The van der Waals surface area contributed by atoms with E-state index in [0.717, 1.165) is 12.8 Å². The maximum Gasteiger partial charge on any atom is 0.326 e. The molecule has 0 aliphatic carbocycles. The molecule has 0 aliphatic heterocycles. The maximum atomic E-state index is 12.4. The van der Waals surface area contributed by atoms with Gasteiger partial charge in [0.1, 0.15) is 6.04 Å². The second-order valence-corrected chi connectivity index (χ2v) is 5.90. The highest BCUT2D eigenvalue weighted by molar-refractivity contribution is 6.30. The summed E-state index contributed by atoms with van der Waals surface area (Å²) in [6.45, 7) is 1.97. The Labute approximate surface area is 144 Å². The first kappa shape index (κ1) is 17.8. The standard InChI is InChI=1S/C18H17ClN2O3/c1-2-3-4-16(18(23)24)21-8-7-12(9-17(21)22)15-10-14(19)6-5-13(15)11-20/h5-10,16H,2-4H2,1H3,(H,23,24)/t16-/m1/s1. The lowest BCUT2D eigenvalue weighted by Gasteiger charge is -2.16. The molecule has 1 aromatic carbocycles. The quantitative estimate of drug-likeness (QED) is 0.862. The molecule has 5 nitrogen and oxygen atoms in total. The Balaban J connectivity index is 2.47. The number of nitrogens with zero attached hydrogens (tertiary/aromatic N) is 2. The summed E-state index contributed by atoms with van der Waals surface area (Å²) in [7, 11) is 0. The summed E-state index contributed by atoms with van der Waals surface area (Å²) in [4.78, 5) is 23.8. The van der Waals surface area contributed by atoms with Gasteiger partial charge in [-0.3, -0.25) is 4.79 Å². The molecule has 1 N–H and O–H groups in total. The molecule has 0 saturated carbocycles. The van der Waals surface area contributed by atoms with Crippen LogP contribution in [-0.4, -0.2) is 15.6 Å². The number of rotatable bonds is 6. The number of pyridine rings is 1. The third kappa shape index (κ3) is 3.84. The van der Waals surface area contributed by atoms with E-state index in [4.69, 9.17) is 11.6 Å². The molecule has 0 unspecified atom stereocenters. The van der Waals surface area contributed by atoms with Crippen LogP contribution in [0.15, 0.2) is 41.3 Å². The predicted molar refractivity (Wildman–Crippen MR) is 92.1 cm³/mol. The number of aliphatic carboxylic acids is 1. The van der Waals surface area contributed by atoms with Gasteiger partial charge in [-0.2, -0.15) is 5.26 Å². The van der Waals surface area contributed by atoms with Gasteiger partial charge in [-0.15, -0.1) is 0 Å². The average Bonchev–Trinajstić information content (AvgIpc) is 2.56. The van der Waals surface area contributed by atoms with Crippen LogP contribution in [0.1, 0.15) is 37.8 Å². The fraction of sp³-hybridized carbons (Fsp3) is 0.278. The zero-order valence-electron chi connectivity index (χ0n) is 13.2. The molecule has 0 aliphatic rings.